The number of sulfonamides is 1. The molecular weight excluding hydrogens is 406 g/mol. The Balaban J connectivity index is 1.78. The summed E-state index contributed by atoms with van der Waals surface area (Å²) >= 11 is 0. The van der Waals surface area contributed by atoms with Crippen molar-refractivity contribution in [3.05, 3.63) is 89.0 Å². The van der Waals surface area contributed by atoms with Gasteiger partial charge in [-0.25, -0.2) is 18.4 Å². The molecule has 150 valence electrons. The molecule has 0 bridgehead atoms. The first-order chi connectivity index (χ1) is 14.4. The highest BCUT2D eigenvalue weighted by Crippen LogP contribution is 2.27. The van der Waals surface area contributed by atoms with Crippen LogP contribution in [0.1, 0.15) is 0 Å². The molecule has 4 aromatic rings. The van der Waals surface area contributed by atoms with Crippen LogP contribution < -0.4 is 10.0 Å². The van der Waals surface area contributed by atoms with Crippen LogP contribution in [0.3, 0.4) is 0 Å². The number of fused-ring (bicyclic) bond motifs is 1. The van der Waals surface area contributed by atoms with Gasteiger partial charge in [0, 0.05) is 17.8 Å². The Labute approximate surface area is 171 Å². The third-order valence-corrected chi connectivity index (χ3v) is 5.51. The zero-order valence-corrected chi connectivity index (χ0v) is 16.2. The second-order valence-corrected chi connectivity index (χ2v) is 7.94. The Morgan fingerprint density at radius 1 is 0.800 bits per heavy atom. The number of non-ortho nitro benzene ring substituents is 1. The number of nitrogens with zero attached hydrogens (tertiary/aromatic N) is 3. The lowest BCUT2D eigenvalue weighted by atomic mass is 10.3. The molecule has 2 N–H and O–H groups in total. The van der Waals surface area contributed by atoms with Gasteiger partial charge in [-0.1, -0.05) is 36.4 Å². The van der Waals surface area contributed by atoms with E-state index in [9.17, 15) is 18.5 Å². The highest BCUT2D eigenvalue weighted by atomic mass is 32.2. The van der Waals surface area contributed by atoms with Crippen molar-refractivity contribution in [1.29, 1.82) is 0 Å². The zero-order valence-electron chi connectivity index (χ0n) is 15.4. The van der Waals surface area contributed by atoms with Gasteiger partial charge >= 0.3 is 0 Å². The Morgan fingerprint density at radius 2 is 1.43 bits per heavy atom. The minimum absolute atomic E-state index is 0.0240. The van der Waals surface area contributed by atoms with Crippen LogP contribution in [0.5, 0.6) is 0 Å². The maximum atomic E-state index is 12.9. The molecule has 0 saturated heterocycles. The van der Waals surface area contributed by atoms with E-state index < -0.39 is 14.9 Å². The maximum absolute atomic E-state index is 12.9. The minimum atomic E-state index is -4.15. The summed E-state index contributed by atoms with van der Waals surface area (Å²) in [5, 5.41) is 14.1. The first kappa shape index (κ1) is 19.3. The summed E-state index contributed by atoms with van der Waals surface area (Å²) in [6.45, 7) is 0. The highest BCUT2D eigenvalue weighted by Gasteiger charge is 2.21. The van der Waals surface area contributed by atoms with Crippen LogP contribution in [0.2, 0.25) is 0 Å². The number of nitro groups is 1. The monoisotopic (exact) mass is 421 g/mol. The molecule has 0 aliphatic rings. The molecule has 4 rings (SSSR count). The average Bonchev–Trinajstić information content (AvgIpc) is 2.75. The van der Waals surface area contributed by atoms with Gasteiger partial charge in [-0.2, -0.15) is 0 Å². The van der Waals surface area contributed by atoms with Crippen LogP contribution in [0.25, 0.3) is 11.0 Å². The zero-order chi connectivity index (χ0) is 21.1. The summed E-state index contributed by atoms with van der Waals surface area (Å²) < 4.78 is 28.2. The van der Waals surface area contributed by atoms with Gasteiger partial charge in [0.05, 0.1) is 20.9 Å². The van der Waals surface area contributed by atoms with E-state index in [2.05, 4.69) is 20.0 Å². The van der Waals surface area contributed by atoms with Crippen molar-refractivity contribution < 1.29 is 13.3 Å². The summed E-state index contributed by atoms with van der Waals surface area (Å²) in [6.07, 6.45) is 0. The van der Waals surface area contributed by atoms with Gasteiger partial charge in [-0.05, 0) is 30.3 Å². The lowest BCUT2D eigenvalue weighted by Gasteiger charge is -2.14. The molecule has 0 saturated carbocycles. The number of rotatable bonds is 6. The van der Waals surface area contributed by atoms with E-state index >= 15 is 0 Å². The summed E-state index contributed by atoms with van der Waals surface area (Å²) in [6, 6.07) is 20.9. The predicted molar refractivity (Wildman–Crippen MR) is 113 cm³/mol. The lowest BCUT2D eigenvalue weighted by molar-refractivity contribution is -0.385. The van der Waals surface area contributed by atoms with Gasteiger partial charge in [0.25, 0.3) is 15.7 Å². The van der Waals surface area contributed by atoms with Gasteiger partial charge in [0.2, 0.25) is 0 Å². The Kier molecular flexibility index (Phi) is 4.98. The number of hydrogen-bond donors (Lipinski definition) is 2. The van der Waals surface area contributed by atoms with E-state index in [4.69, 9.17) is 0 Å². The number of benzene rings is 3. The fourth-order valence-electron chi connectivity index (χ4n) is 2.77. The molecule has 0 aliphatic carbocycles. The van der Waals surface area contributed by atoms with Crippen molar-refractivity contribution in [3.8, 4) is 0 Å². The molecule has 0 amide bonds. The number of aromatic nitrogens is 2. The summed E-state index contributed by atoms with van der Waals surface area (Å²) in [5.74, 6) is 0.179. The van der Waals surface area contributed by atoms with Crippen molar-refractivity contribution in [2.24, 2.45) is 0 Å². The third-order valence-electron chi connectivity index (χ3n) is 4.18. The van der Waals surface area contributed by atoms with Crippen molar-refractivity contribution in [2.45, 2.75) is 4.90 Å². The number of anilines is 3. The molecule has 0 radical (unpaired) electrons. The molecule has 30 heavy (non-hydrogen) atoms. The van der Waals surface area contributed by atoms with Crippen LogP contribution in [0.15, 0.2) is 83.8 Å². The van der Waals surface area contributed by atoms with Crippen LogP contribution in [0, 0.1) is 10.1 Å². The van der Waals surface area contributed by atoms with E-state index in [0.717, 1.165) is 6.07 Å². The molecule has 3 aromatic carbocycles. The van der Waals surface area contributed by atoms with Crippen molar-refractivity contribution in [1.82, 2.24) is 9.97 Å². The first-order valence-corrected chi connectivity index (χ1v) is 10.3. The number of nitro benzene ring substituents is 1. The van der Waals surface area contributed by atoms with Crippen LogP contribution >= 0.6 is 0 Å². The molecule has 9 nitrogen and oxygen atoms in total. The van der Waals surface area contributed by atoms with Crippen LogP contribution in [-0.4, -0.2) is 23.3 Å². The van der Waals surface area contributed by atoms with Gasteiger partial charge in [-0.3, -0.25) is 14.8 Å². The lowest BCUT2D eigenvalue weighted by Crippen LogP contribution is -2.16. The quantitative estimate of drug-likeness (QED) is 0.355. The number of nitrogens with one attached hydrogen (secondary N) is 2. The minimum Gasteiger partial charge on any atom is -0.337 e. The van der Waals surface area contributed by atoms with Crippen molar-refractivity contribution >= 4 is 44.1 Å². The van der Waals surface area contributed by atoms with E-state index in [1.54, 1.807) is 36.4 Å². The number of hydrogen-bond acceptors (Lipinski definition) is 7. The largest absolute Gasteiger partial charge is 0.337 e. The van der Waals surface area contributed by atoms with Gasteiger partial charge < -0.3 is 5.32 Å². The summed E-state index contributed by atoms with van der Waals surface area (Å²) in [5.41, 5.74) is 1.44. The third kappa shape index (κ3) is 4.03. The molecule has 0 atom stereocenters. The fraction of sp³-hybridized carbons (Fsp3) is 0. The molecule has 1 aromatic heterocycles. The Hall–Kier alpha value is -4.05. The predicted octanol–water partition coefficient (Wildman–Crippen LogP) is 4.08. The molecule has 0 unspecified atom stereocenters. The second kappa shape index (κ2) is 7.76. The SMILES string of the molecule is O=[N+]([O-])c1cccc(S(=O)(=O)Nc2nc3ccccc3nc2Nc2ccccc2)c1. The smallest absolute Gasteiger partial charge is 0.270 e. The highest BCUT2D eigenvalue weighted by molar-refractivity contribution is 7.92. The second-order valence-electron chi connectivity index (χ2n) is 6.26. The normalized spacial score (nSPS) is 11.2. The van der Waals surface area contributed by atoms with Crippen molar-refractivity contribution in [3.63, 3.8) is 0 Å². The van der Waals surface area contributed by atoms with Crippen LogP contribution in [0.4, 0.5) is 23.0 Å². The molecule has 0 spiro atoms. The summed E-state index contributed by atoms with van der Waals surface area (Å²) in [7, 11) is -4.15. The average molecular weight is 421 g/mol. The van der Waals surface area contributed by atoms with Crippen molar-refractivity contribution in [2.75, 3.05) is 10.0 Å². The van der Waals surface area contributed by atoms with E-state index in [-0.39, 0.29) is 22.2 Å². The van der Waals surface area contributed by atoms with E-state index in [1.165, 1.54) is 18.2 Å². The first-order valence-electron chi connectivity index (χ1n) is 8.78. The van der Waals surface area contributed by atoms with Gasteiger partial charge in [-0.15, -0.1) is 0 Å². The van der Waals surface area contributed by atoms with E-state index in [0.29, 0.717) is 16.7 Å². The summed E-state index contributed by atoms with van der Waals surface area (Å²) in [4.78, 5) is 19.0. The Bertz CT molecular complexity index is 1340. The van der Waals surface area contributed by atoms with E-state index in [1.807, 2.05) is 18.2 Å². The van der Waals surface area contributed by atoms with Gasteiger partial charge in [0.15, 0.2) is 11.6 Å². The van der Waals surface area contributed by atoms with Gasteiger partial charge in [0.1, 0.15) is 0 Å². The fourth-order valence-corrected chi connectivity index (χ4v) is 3.82. The molecule has 0 aliphatic heterocycles. The molecule has 10 heteroatoms. The molecule has 0 fully saturated rings. The van der Waals surface area contributed by atoms with Crippen LogP contribution in [-0.2, 0) is 10.0 Å². The molecular formula is C20H15N5O4S. The standard InChI is InChI=1S/C20H15N5O4S/c26-25(27)15-9-6-10-16(13-15)30(28,29)24-20-19(21-14-7-2-1-3-8-14)22-17-11-4-5-12-18(17)23-20/h1-13H,(H,21,22)(H,23,24). The topological polar surface area (TPSA) is 127 Å². The Morgan fingerprint density at radius 3 is 2.10 bits per heavy atom. The molecule has 1 heterocycles. The maximum Gasteiger partial charge on any atom is 0.270 e. The number of para-hydroxylation sites is 3.